The molecule has 0 aliphatic carbocycles. The summed E-state index contributed by atoms with van der Waals surface area (Å²) in [5.41, 5.74) is 0.919. The average molecular weight is 524 g/mol. The van der Waals surface area contributed by atoms with Gasteiger partial charge in [-0.25, -0.2) is 0 Å². The van der Waals surface area contributed by atoms with Crippen LogP contribution in [0.15, 0.2) is 12.1 Å². The number of hydrogen-bond acceptors (Lipinski definition) is 0. The van der Waals surface area contributed by atoms with Crippen LogP contribution in [-0.2, 0) is 2.14 Å². The molecule has 0 radical (unpaired) electrons. The average Bonchev–Trinajstić information content (AvgIpc) is 1.97. The Balaban J connectivity index is 3.29. The van der Waals surface area contributed by atoms with E-state index >= 15 is 0 Å². The predicted octanol–water partition coefficient (Wildman–Crippen LogP) is 5.89. The van der Waals surface area contributed by atoms with E-state index in [1.807, 2.05) is 12.1 Å². The normalized spacial score (nSPS) is 11.8. The van der Waals surface area contributed by atoms with Crippen LogP contribution in [0.4, 0.5) is 0 Å². The molecule has 6 heteroatoms. The van der Waals surface area contributed by atoms with Gasteiger partial charge in [-0.1, -0.05) is 71.0 Å². The monoisotopic (exact) mass is 520 g/mol. The standard InChI is InChI=1S/C7H2Br3Cl2I/c8-7(9,10)3-1-4(11)6(13)5(12)2-3/h1-2H. The molecule has 1 rings (SSSR count). The minimum absolute atomic E-state index is 0.468. The van der Waals surface area contributed by atoms with Crippen molar-refractivity contribution in [2.75, 3.05) is 0 Å². The van der Waals surface area contributed by atoms with Gasteiger partial charge in [0.2, 0.25) is 0 Å². The van der Waals surface area contributed by atoms with Gasteiger partial charge in [-0.05, 0) is 40.3 Å². The highest BCUT2D eigenvalue weighted by molar-refractivity contribution is 14.1. The molecule has 0 heterocycles. The van der Waals surface area contributed by atoms with Gasteiger partial charge in [-0.3, -0.25) is 0 Å². The second-order valence-corrected chi connectivity index (χ2v) is 10.9. The largest absolute Gasteiger partial charge is 0.159 e. The van der Waals surface area contributed by atoms with Crippen LogP contribution in [0.1, 0.15) is 5.56 Å². The maximum Gasteiger partial charge on any atom is 0.159 e. The highest BCUT2D eigenvalue weighted by atomic mass is 127. The van der Waals surface area contributed by atoms with Gasteiger partial charge in [0.25, 0.3) is 0 Å². The summed E-state index contributed by atoms with van der Waals surface area (Å²) in [6, 6.07) is 3.68. The van der Waals surface area contributed by atoms with E-state index in [0.717, 1.165) is 9.13 Å². The topological polar surface area (TPSA) is 0 Å². The number of benzene rings is 1. The van der Waals surface area contributed by atoms with Gasteiger partial charge >= 0.3 is 0 Å². The Bertz CT molecular complexity index is 312. The van der Waals surface area contributed by atoms with E-state index < -0.39 is 2.14 Å². The minimum Gasteiger partial charge on any atom is -0.0831 e. The molecule has 0 aliphatic rings. The second-order valence-electron chi connectivity index (χ2n) is 2.25. The number of rotatable bonds is 0. The van der Waals surface area contributed by atoms with Gasteiger partial charge in [0.15, 0.2) is 2.14 Å². The van der Waals surface area contributed by atoms with E-state index in [-0.39, 0.29) is 0 Å². The molecular weight excluding hydrogens is 522 g/mol. The molecule has 0 amide bonds. The van der Waals surface area contributed by atoms with Crippen molar-refractivity contribution in [1.82, 2.24) is 0 Å². The van der Waals surface area contributed by atoms with Crippen molar-refractivity contribution in [3.8, 4) is 0 Å². The van der Waals surface area contributed by atoms with Crippen molar-refractivity contribution in [3.05, 3.63) is 31.3 Å². The van der Waals surface area contributed by atoms with E-state index in [1.165, 1.54) is 0 Å². The molecule has 0 atom stereocenters. The molecule has 0 saturated carbocycles. The highest BCUT2D eigenvalue weighted by Crippen LogP contribution is 2.46. The fourth-order valence-corrected chi connectivity index (χ4v) is 2.20. The van der Waals surface area contributed by atoms with Crippen LogP contribution in [0.3, 0.4) is 0 Å². The first-order valence-electron chi connectivity index (χ1n) is 3.04. The van der Waals surface area contributed by atoms with Gasteiger partial charge in [0.1, 0.15) is 0 Å². The summed E-state index contributed by atoms with van der Waals surface area (Å²) < 4.78 is 0.395. The van der Waals surface area contributed by atoms with Gasteiger partial charge < -0.3 is 0 Å². The Hall–Kier alpha value is 1.97. The van der Waals surface area contributed by atoms with Crippen molar-refractivity contribution >= 4 is 93.6 Å². The van der Waals surface area contributed by atoms with E-state index in [1.54, 1.807) is 0 Å². The Kier molecular flexibility index (Phi) is 4.88. The molecule has 13 heavy (non-hydrogen) atoms. The van der Waals surface area contributed by atoms with Crippen LogP contribution in [0, 0.1) is 3.57 Å². The van der Waals surface area contributed by atoms with Crippen molar-refractivity contribution in [1.29, 1.82) is 0 Å². The molecule has 1 aromatic carbocycles. The van der Waals surface area contributed by atoms with Crippen LogP contribution in [0.25, 0.3) is 0 Å². The summed E-state index contributed by atoms with van der Waals surface area (Å²) in [7, 11) is 0. The molecule has 0 N–H and O–H groups in total. The molecule has 0 aromatic heterocycles. The zero-order chi connectivity index (χ0) is 10.2. The number of hydrogen-bond donors (Lipinski definition) is 0. The van der Waals surface area contributed by atoms with Crippen LogP contribution in [0.2, 0.25) is 10.0 Å². The van der Waals surface area contributed by atoms with Gasteiger partial charge in [-0.15, -0.1) is 0 Å². The maximum atomic E-state index is 5.97. The fraction of sp³-hybridized carbons (Fsp3) is 0.143. The molecule has 0 saturated heterocycles. The van der Waals surface area contributed by atoms with Crippen LogP contribution >= 0.6 is 93.6 Å². The van der Waals surface area contributed by atoms with Crippen molar-refractivity contribution in [2.45, 2.75) is 2.14 Å². The molecule has 0 unspecified atom stereocenters. The van der Waals surface area contributed by atoms with Crippen LogP contribution in [-0.4, -0.2) is 0 Å². The molecule has 0 bridgehead atoms. The van der Waals surface area contributed by atoms with Gasteiger partial charge in [-0.2, -0.15) is 0 Å². The number of alkyl halides is 3. The third-order valence-electron chi connectivity index (χ3n) is 1.31. The lowest BCUT2D eigenvalue weighted by Crippen LogP contribution is -1.98. The lowest BCUT2D eigenvalue weighted by Gasteiger charge is -2.14. The second kappa shape index (κ2) is 4.87. The third-order valence-corrected chi connectivity index (χ3v) is 5.08. The summed E-state index contributed by atoms with van der Waals surface area (Å²) in [6.07, 6.45) is 0. The molecule has 0 fully saturated rings. The molecule has 1 aromatic rings. The van der Waals surface area contributed by atoms with Gasteiger partial charge in [0.05, 0.1) is 13.6 Å². The quantitative estimate of drug-likeness (QED) is 0.226. The van der Waals surface area contributed by atoms with E-state index in [4.69, 9.17) is 23.2 Å². The molecule has 0 spiro atoms. The Morgan fingerprint density at radius 2 is 1.46 bits per heavy atom. The maximum absolute atomic E-state index is 5.97. The van der Waals surface area contributed by atoms with Crippen LogP contribution < -0.4 is 0 Å². The summed E-state index contributed by atoms with van der Waals surface area (Å²) in [5.74, 6) is 0. The van der Waals surface area contributed by atoms with Crippen LogP contribution in [0.5, 0.6) is 0 Å². The summed E-state index contributed by atoms with van der Waals surface area (Å²) in [6.45, 7) is 0. The SMILES string of the molecule is Clc1cc(C(Br)(Br)Br)cc(Cl)c1I. The zero-order valence-electron chi connectivity index (χ0n) is 5.92. The van der Waals surface area contributed by atoms with Crippen molar-refractivity contribution < 1.29 is 0 Å². The molecule has 0 nitrogen and oxygen atoms in total. The predicted molar refractivity (Wildman–Crippen MR) is 77.6 cm³/mol. The first-order valence-corrected chi connectivity index (χ1v) is 7.25. The number of halogens is 6. The Morgan fingerprint density at radius 3 is 1.77 bits per heavy atom. The van der Waals surface area contributed by atoms with E-state index in [2.05, 4.69) is 70.4 Å². The fourth-order valence-electron chi connectivity index (χ4n) is 0.719. The lowest BCUT2D eigenvalue weighted by atomic mass is 10.2. The molecular formula is C7H2Br3Cl2I. The van der Waals surface area contributed by atoms with Gasteiger partial charge in [0, 0.05) is 0 Å². The van der Waals surface area contributed by atoms with Crippen molar-refractivity contribution in [2.24, 2.45) is 0 Å². The van der Waals surface area contributed by atoms with E-state index in [0.29, 0.717) is 10.0 Å². The van der Waals surface area contributed by atoms with E-state index in [9.17, 15) is 0 Å². The lowest BCUT2D eigenvalue weighted by molar-refractivity contribution is 1.36. The zero-order valence-corrected chi connectivity index (χ0v) is 14.3. The first kappa shape index (κ1) is 13.0. The molecule has 72 valence electrons. The summed E-state index contributed by atoms with van der Waals surface area (Å²) in [4.78, 5) is 0. The first-order chi connectivity index (χ1) is 5.82. The smallest absolute Gasteiger partial charge is 0.0831 e. The summed E-state index contributed by atoms with van der Waals surface area (Å²) >= 11 is 24.2. The summed E-state index contributed by atoms with van der Waals surface area (Å²) in [5, 5.41) is 1.29. The van der Waals surface area contributed by atoms with Crippen molar-refractivity contribution in [3.63, 3.8) is 0 Å². The molecule has 0 aliphatic heterocycles. The highest BCUT2D eigenvalue weighted by Gasteiger charge is 2.22. The minimum atomic E-state index is -0.468. The Labute approximate surface area is 125 Å². The Morgan fingerprint density at radius 1 is 1.08 bits per heavy atom. The third kappa shape index (κ3) is 3.48.